The van der Waals surface area contributed by atoms with Gasteiger partial charge in [0.05, 0.1) is 10.7 Å². The van der Waals surface area contributed by atoms with Gasteiger partial charge in [0.15, 0.2) is 0 Å². The van der Waals surface area contributed by atoms with Crippen molar-refractivity contribution in [3.05, 3.63) is 15.6 Å². The Morgan fingerprint density at radius 2 is 1.94 bits per heavy atom. The Morgan fingerprint density at radius 3 is 2.71 bits per heavy atom. The van der Waals surface area contributed by atoms with Crippen molar-refractivity contribution >= 4 is 11.3 Å². The van der Waals surface area contributed by atoms with Gasteiger partial charge in [-0.1, -0.05) is 19.3 Å². The molecule has 0 aromatic carbocycles. The number of thiazole rings is 1. The summed E-state index contributed by atoms with van der Waals surface area (Å²) in [4.78, 5) is 6.49. The highest BCUT2D eigenvalue weighted by Crippen LogP contribution is 2.40. The highest BCUT2D eigenvalue weighted by atomic mass is 32.1. The van der Waals surface area contributed by atoms with E-state index in [0.29, 0.717) is 6.04 Å². The molecule has 2 aliphatic carbocycles. The van der Waals surface area contributed by atoms with Crippen LogP contribution in [0.2, 0.25) is 0 Å². The van der Waals surface area contributed by atoms with Gasteiger partial charge in [0.1, 0.15) is 0 Å². The SMILES string of the molecule is CNC1CCCc2nc(C3CCCCC3)sc21. The maximum Gasteiger partial charge on any atom is 0.0962 e. The summed E-state index contributed by atoms with van der Waals surface area (Å²) in [5, 5.41) is 4.89. The Balaban J connectivity index is 1.84. The van der Waals surface area contributed by atoms with Crippen molar-refractivity contribution in [1.82, 2.24) is 10.3 Å². The molecule has 0 aliphatic heterocycles. The first-order valence-corrected chi connectivity index (χ1v) is 7.87. The minimum atomic E-state index is 0.577. The van der Waals surface area contributed by atoms with E-state index in [4.69, 9.17) is 4.98 Å². The molecule has 1 saturated carbocycles. The number of aromatic nitrogens is 1. The number of fused-ring (bicyclic) bond motifs is 1. The van der Waals surface area contributed by atoms with Gasteiger partial charge in [-0.05, 0) is 39.2 Å². The second-order valence-electron chi connectivity index (χ2n) is 5.43. The largest absolute Gasteiger partial charge is 0.312 e. The van der Waals surface area contributed by atoms with Crippen LogP contribution in [0.15, 0.2) is 0 Å². The molecule has 1 aromatic heterocycles. The van der Waals surface area contributed by atoms with Gasteiger partial charge in [0, 0.05) is 16.8 Å². The van der Waals surface area contributed by atoms with Crippen molar-refractivity contribution in [2.75, 3.05) is 7.05 Å². The average Bonchev–Trinajstić information content (AvgIpc) is 2.83. The van der Waals surface area contributed by atoms with Gasteiger partial charge in [-0.15, -0.1) is 11.3 Å². The normalized spacial score (nSPS) is 25.8. The molecular formula is C14H22N2S. The van der Waals surface area contributed by atoms with E-state index in [-0.39, 0.29) is 0 Å². The van der Waals surface area contributed by atoms with Crippen LogP contribution in [0.4, 0.5) is 0 Å². The Morgan fingerprint density at radius 1 is 1.12 bits per heavy atom. The van der Waals surface area contributed by atoms with Crippen LogP contribution >= 0.6 is 11.3 Å². The average molecular weight is 250 g/mol. The van der Waals surface area contributed by atoms with Gasteiger partial charge in [-0.2, -0.15) is 0 Å². The van der Waals surface area contributed by atoms with E-state index in [2.05, 4.69) is 12.4 Å². The van der Waals surface area contributed by atoms with Gasteiger partial charge in [-0.3, -0.25) is 0 Å². The van der Waals surface area contributed by atoms with Gasteiger partial charge >= 0.3 is 0 Å². The molecule has 2 nitrogen and oxygen atoms in total. The Bertz CT molecular complexity index is 380. The molecule has 1 fully saturated rings. The molecular weight excluding hydrogens is 228 g/mol. The molecule has 1 atom stereocenters. The second kappa shape index (κ2) is 5.07. The predicted octanol–water partition coefficient (Wildman–Crippen LogP) is 3.79. The predicted molar refractivity (Wildman–Crippen MR) is 72.7 cm³/mol. The smallest absolute Gasteiger partial charge is 0.0962 e. The zero-order valence-electron chi connectivity index (χ0n) is 10.7. The highest BCUT2D eigenvalue weighted by Gasteiger charge is 2.26. The fourth-order valence-electron chi connectivity index (χ4n) is 3.24. The van der Waals surface area contributed by atoms with Crippen molar-refractivity contribution in [2.24, 2.45) is 0 Å². The minimum absolute atomic E-state index is 0.577. The van der Waals surface area contributed by atoms with E-state index in [9.17, 15) is 0 Å². The van der Waals surface area contributed by atoms with Gasteiger partial charge in [0.25, 0.3) is 0 Å². The van der Waals surface area contributed by atoms with E-state index in [0.717, 1.165) is 5.92 Å². The molecule has 1 heterocycles. The van der Waals surface area contributed by atoms with Crippen LogP contribution in [-0.2, 0) is 6.42 Å². The third-order valence-electron chi connectivity index (χ3n) is 4.27. The van der Waals surface area contributed by atoms with Crippen molar-refractivity contribution in [2.45, 2.75) is 63.3 Å². The molecule has 1 unspecified atom stereocenters. The Hall–Kier alpha value is -0.410. The van der Waals surface area contributed by atoms with Crippen molar-refractivity contribution in [3.63, 3.8) is 0 Å². The first kappa shape index (κ1) is 11.7. The molecule has 0 bridgehead atoms. The summed E-state index contributed by atoms with van der Waals surface area (Å²) in [6.45, 7) is 0. The Labute approximate surface area is 108 Å². The maximum atomic E-state index is 4.95. The number of nitrogens with one attached hydrogen (secondary N) is 1. The van der Waals surface area contributed by atoms with Crippen LogP contribution in [0.3, 0.4) is 0 Å². The fraction of sp³-hybridized carbons (Fsp3) is 0.786. The highest BCUT2D eigenvalue weighted by molar-refractivity contribution is 7.12. The molecule has 1 aromatic rings. The third-order valence-corrected chi connectivity index (χ3v) is 5.64. The molecule has 0 spiro atoms. The standard InChI is InChI=1S/C14H22N2S/c1-15-11-8-5-9-12-13(11)17-14(16-12)10-6-3-2-4-7-10/h10-11,15H,2-9H2,1H3. The van der Waals surface area contributed by atoms with Crippen LogP contribution in [0, 0.1) is 0 Å². The van der Waals surface area contributed by atoms with Gasteiger partial charge in [-0.25, -0.2) is 4.98 Å². The zero-order chi connectivity index (χ0) is 11.7. The van der Waals surface area contributed by atoms with E-state index in [1.165, 1.54) is 62.1 Å². The lowest BCUT2D eigenvalue weighted by molar-refractivity contribution is 0.441. The molecule has 94 valence electrons. The van der Waals surface area contributed by atoms with Crippen LogP contribution in [0.25, 0.3) is 0 Å². The number of rotatable bonds is 2. The van der Waals surface area contributed by atoms with Gasteiger partial charge < -0.3 is 5.32 Å². The number of hydrogen-bond acceptors (Lipinski definition) is 3. The lowest BCUT2D eigenvalue weighted by atomic mass is 9.90. The lowest BCUT2D eigenvalue weighted by Crippen LogP contribution is -2.19. The molecule has 3 rings (SSSR count). The molecule has 0 saturated heterocycles. The summed E-state index contributed by atoms with van der Waals surface area (Å²) < 4.78 is 0. The van der Waals surface area contributed by atoms with E-state index in [1.54, 1.807) is 4.88 Å². The summed E-state index contributed by atoms with van der Waals surface area (Å²) in [5.41, 5.74) is 1.40. The summed E-state index contributed by atoms with van der Waals surface area (Å²) in [7, 11) is 2.08. The fourth-order valence-corrected chi connectivity index (χ4v) is 4.67. The quantitative estimate of drug-likeness (QED) is 0.864. The first-order valence-electron chi connectivity index (χ1n) is 7.05. The third kappa shape index (κ3) is 2.27. The van der Waals surface area contributed by atoms with Crippen molar-refractivity contribution in [3.8, 4) is 0 Å². The molecule has 1 N–H and O–H groups in total. The monoisotopic (exact) mass is 250 g/mol. The lowest BCUT2D eigenvalue weighted by Gasteiger charge is -2.20. The van der Waals surface area contributed by atoms with Gasteiger partial charge in [0.2, 0.25) is 0 Å². The zero-order valence-corrected chi connectivity index (χ0v) is 11.5. The minimum Gasteiger partial charge on any atom is -0.312 e. The van der Waals surface area contributed by atoms with Crippen molar-refractivity contribution in [1.29, 1.82) is 0 Å². The molecule has 0 amide bonds. The molecule has 17 heavy (non-hydrogen) atoms. The van der Waals surface area contributed by atoms with Crippen LogP contribution in [0.1, 0.15) is 72.5 Å². The molecule has 3 heteroatoms. The van der Waals surface area contributed by atoms with Crippen molar-refractivity contribution < 1.29 is 0 Å². The molecule has 0 radical (unpaired) electrons. The number of nitrogens with zero attached hydrogens (tertiary/aromatic N) is 1. The first-order chi connectivity index (χ1) is 8.38. The van der Waals surface area contributed by atoms with Crippen LogP contribution in [-0.4, -0.2) is 12.0 Å². The Kier molecular flexibility index (Phi) is 3.48. The maximum absolute atomic E-state index is 4.95. The van der Waals surface area contributed by atoms with E-state index < -0.39 is 0 Å². The topological polar surface area (TPSA) is 24.9 Å². The second-order valence-corrected chi connectivity index (χ2v) is 6.49. The number of aryl methyl sites for hydroxylation is 1. The summed E-state index contributed by atoms with van der Waals surface area (Å²) >= 11 is 2.00. The van der Waals surface area contributed by atoms with E-state index in [1.807, 2.05) is 11.3 Å². The summed E-state index contributed by atoms with van der Waals surface area (Å²) in [6.07, 6.45) is 10.8. The number of hydrogen-bond donors (Lipinski definition) is 1. The van der Waals surface area contributed by atoms with Crippen LogP contribution in [0.5, 0.6) is 0 Å². The molecule has 2 aliphatic rings. The van der Waals surface area contributed by atoms with Crippen LogP contribution < -0.4 is 5.32 Å². The summed E-state index contributed by atoms with van der Waals surface area (Å²) in [6, 6.07) is 0.577. The summed E-state index contributed by atoms with van der Waals surface area (Å²) in [5.74, 6) is 0.775. The van der Waals surface area contributed by atoms with E-state index >= 15 is 0 Å².